The first kappa shape index (κ1) is 23.2. The largest absolute Gasteiger partial charge is 0.481 e. The molecule has 0 aliphatic rings. The first-order chi connectivity index (χ1) is 14.9. The zero-order chi connectivity index (χ0) is 23.7. The van der Waals surface area contributed by atoms with Crippen LogP contribution in [-0.4, -0.2) is 37.6 Å². The molecule has 32 heavy (non-hydrogen) atoms. The van der Waals surface area contributed by atoms with E-state index in [1.807, 2.05) is 13.0 Å². The van der Waals surface area contributed by atoms with E-state index in [4.69, 9.17) is 4.74 Å². The summed E-state index contributed by atoms with van der Waals surface area (Å²) in [6.07, 6.45) is 0.0671. The molecule has 0 aliphatic heterocycles. The number of nitrogens with zero attached hydrogens (tertiary/aromatic N) is 3. The quantitative estimate of drug-likeness (QED) is 0.533. The molecule has 0 saturated heterocycles. The van der Waals surface area contributed by atoms with Gasteiger partial charge in [-0.25, -0.2) is 9.97 Å². The minimum atomic E-state index is -4.51. The number of aromatic amines is 1. The lowest BCUT2D eigenvalue weighted by Gasteiger charge is -2.19. The third kappa shape index (κ3) is 4.90. The van der Waals surface area contributed by atoms with Gasteiger partial charge in [0.15, 0.2) is 5.82 Å². The highest BCUT2D eigenvalue weighted by atomic mass is 19.4. The van der Waals surface area contributed by atoms with Gasteiger partial charge in [-0.3, -0.25) is 9.78 Å². The second kappa shape index (κ2) is 8.60. The molecule has 0 fully saturated rings. The first-order valence-corrected chi connectivity index (χ1v) is 9.87. The smallest absolute Gasteiger partial charge is 0.432 e. The summed E-state index contributed by atoms with van der Waals surface area (Å²) in [5, 5.41) is 9.21. The number of carboxylic acid groups (broad SMARTS) is 1. The second-order valence-electron chi connectivity index (χ2n) is 8.04. The number of aryl methyl sites for hydroxylation is 2. The van der Waals surface area contributed by atoms with Crippen molar-refractivity contribution in [3.8, 4) is 28.5 Å². The summed E-state index contributed by atoms with van der Waals surface area (Å²) in [5.74, 6) is -0.609. The molecule has 0 radical (unpaired) electrons. The van der Waals surface area contributed by atoms with Crippen molar-refractivity contribution in [2.45, 2.75) is 40.3 Å². The Bertz CT molecular complexity index is 1140. The minimum Gasteiger partial charge on any atom is -0.481 e. The zero-order valence-corrected chi connectivity index (χ0v) is 18.0. The van der Waals surface area contributed by atoms with Crippen molar-refractivity contribution in [3.05, 3.63) is 47.5 Å². The van der Waals surface area contributed by atoms with Crippen LogP contribution >= 0.6 is 0 Å². The SMILES string of the molecule is CCc1cc(OCC(C)(C)C(=O)O)ncc1-c1cnc(-c2ncc(C(F)(F)F)[nH]2)c(C)c1. The Morgan fingerprint density at radius 1 is 1.12 bits per heavy atom. The van der Waals surface area contributed by atoms with Gasteiger partial charge in [0, 0.05) is 29.6 Å². The number of imidazole rings is 1. The molecule has 3 aromatic heterocycles. The van der Waals surface area contributed by atoms with E-state index in [0.29, 0.717) is 23.6 Å². The summed E-state index contributed by atoms with van der Waals surface area (Å²) in [5.41, 5.74) is 1.45. The summed E-state index contributed by atoms with van der Waals surface area (Å²) in [7, 11) is 0. The van der Waals surface area contributed by atoms with Crippen LogP contribution in [0.1, 0.15) is 37.6 Å². The van der Waals surface area contributed by atoms with Gasteiger partial charge in [0.25, 0.3) is 0 Å². The Hall–Kier alpha value is -3.43. The number of pyridine rings is 2. The number of ether oxygens (including phenoxy) is 1. The summed E-state index contributed by atoms with van der Waals surface area (Å²) in [4.78, 5) is 25.9. The van der Waals surface area contributed by atoms with Crippen LogP contribution < -0.4 is 4.74 Å². The molecule has 7 nitrogen and oxygen atoms in total. The van der Waals surface area contributed by atoms with Gasteiger partial charge < -0.3 is 14.8 Å². The predicted molar refractivity (Wildman–Crippen MR) is 111 cm³/mol. The van der Waals surface area contributed by atoms with E-state index < -0.39 is 23.3 Å². The van der Waals surface area contributed by atoms with Crippen LogP contribution in [0.2, 0.25) is 0 Å². The van der Waals surface area contributed by atoms with E-state index in [2.05, 4.69) is 19.9 Å². The molecule has 3 aromatic rings. The molecular weight excluding hydrogens is 425 g/mol. The average Bonchev–Trinajstić information content (AvgIpc) is 3.22. The second-order valence-corrected chi connectivity index (χ2v) is 8.04. The van der Waals surface area contributed by atoms with Crippen LogP contribution in [0.15, 0.2) is 30.7 Å². The van der Waals surface area contributed by atoms with Crippen molar-refractivity contribution >= 4 is 5.97 Å². The molecule has 0 amide bonds. The molecular formula is C22H23F3N4O3. The Kier molecular flexibility index (Phi) is 6.25. The monoisotopic (exact) mass is 448 g/mol. The van der Waals surface area contributed by atoms with E-state index in [1.54, 1.807) is 39.2 Å². The van der Waals surface area contributed by atoms with Crippen LogP contribution in [-0.2, 0) is 17.4 Å². The number of nitrogens with one attached hydrogen (secondary N) is 1. The maximum absolute atomic E-state index is 12.8. The van der Waals surface area contributed by atoms with Crippen molar-refractivity contribution in [3.63, 3.8) is 0 Å². The van der Waals surface area contributed by atoms with Gasteiger partial charge in [-0.15, -0.1) is 0 Å². The summed E-state index contributed by atoms with van der Waals surface area (Å²) < 4.78 is 44.1. The van der Waals surface area contributed by atoms with Gasteiger partial charge in [0.1, 0.15) is 18.0 Å². The number of hydrogen-bond acceptors (Lipinski definition) is 5. The topological polar surface area (TPSA) is 101 Å². The Morgan fingerprint density at radius 2 is 1.84 bits per heavy atom. The maximum atomic E-state index is 12.8. The lowest BCUT2D eigenvalue weighted by molar-refractivity contribution is -0.148. The molecule has 0 unspecified atom stereocenters. The fraction of sp³-hybridized carbons (Fsp3) is 0.364. The van der Waals surface area contributed by atoms with Crippen molar-refractivity contribution in [2.75, 3.05) is 6.61 Å². The number of carboxylic acids is 1. The van der Waals surface area contributed by atoms with E-state index >= 15 is 0 Å². The fourth-order valence-corrected chi connectivity index (χ4v) is 2.98. The third-order valence-electron chi connectivity index (χ3n) is 5.00. The van der Waals surface area contributed by atoms with Gasteiger partial charge >= 0.3 is 12.1 Å². The van der Waals surface area contributed by atoms with Crippen molar-refractivity contribution < 1.29 is 27.8 Å². The normalized spacial score (nSPS) is 12.1. The third-order valence-corrected chi connectivity index (χ3v) is 5.00. The van der Waals surface area contributed by atoms with E-state index in [0.717, 1.165) is 22.9 Å². The molecule has 3 heterocycles. The number of halogens is 3. The molecule has 0 aliphatic carbocycles. The van der Waals surface area contributed by atoms with Crippen LogP contribution in [0.25, 0.3) is 22.6 Å². The predicted octanol–water partition coefficient (Wildman–Crippen LogP) is 4.91. The zero-order valence-electron chi connectivity index (χ0n) is 18.0. The Morgan fingerprint density at radius 3 is 2.41 bits per heavy atom. The number of H-pyrrole nitrogens is 1. The van der Waals surface area contributed by atoms with E-state index in [1.165, 1.54) is 0 Å². The maximum Gasteiger partial charge on any atom is 0.432 e. The molecule has 0 spiro atoms. The summed E-state index contributed by atoms with van der Waals surface area (Å²) >= 11 is 0. The van der Waals surface area contributed by atoms with Crippen LogP contribution in [0, 0.1) is 12.3 Å². The Labute approximate surface area is 182 Å². The number of rotatable bonds is 7. The van der Waals surface area contributed by atoms with Crippen molar-refractivity contribution in [2.24, 2.45) is 5.41 Å². The highest BCUT2D eigenvalue weighted by Gasteiger charge is 2.33. The van der Waals surface area contributed by atoms with Crippen LogP contribution in [0.5, 0.6) is 5.88 Å². The van der Waals surface area contributed by atoms with E-state index in [9.17, 15) is 23.1 Å². The first-order valence-electron chi connectivity index (χ1n) is 9.87. The number of aliphatic carboxylic acids is 1. The number of hydrogen-bond donors (Lipinski definition) is 2. The highest BCUT2D eigenvalue weighted by molar-refractivity contribution is 5.74. The lowest BCUT2D eigenvalue weighted by atomic mass is 9.95. The lowest BCUT2D eigenvalue weighted by Crippen LogP contribution is -2.30. The van der Waals surface area contributed by atoms with Gasteiger partial charge in [0.05, 0.1) is 11.6 Å². The fourth-order valence-electron chi connectivity index (χ4n) is 2.98. The highest BCUT2D eigenvalue weighted by Crippen LogP contribution is 2.32. The van der Waals surface area contributed by atoms with Crippen molar-refractivity contribution in [1.29, 1.82) is 0 Å². The van der Waals surface area contributed by atoms with Gasteiger partial charge in [-0.2, -0.15) is 13.2 Å². The van der Waals surface area contributed by atoms with Gasteiger partial charge in [-0.1, -0.05) is 6.92 Å². The Balaban J connectivity index is 1.87. The van der Waals surface area contributed by atoms with Crippen LogP contribution in [0.3, 0.4) is 0 Å². The minimum absolute atomic E-state index is 0.0315. The molecule has 0 atom stereocenters. The number of aromatic nitrogens is 4. The van der Waals surface area contributed by atoms with E-state index in [-0.39, 0.29) is 12.4 Å². The number of carbonyl (C=O) groups is 1. The molecule has 3 rings (SSSR count). The molecule has 170 valence electrons. The van der Waals surface area contributed by atoms with Gasteiger partial charge in [0.2, 0.25) is 5.88 Å². The summed E-state index contributed by atoms with van der Waals surface area (Å²) in [6.45, 7) is 6.80. The molecule has 2 N–H and O–H groups in total. The molecule has 10 heteroatoms. The van der Waals surface area contributed by atoms with Crippen molar-refractivity contribution in [1.82, 2.24) is 19.9 Å². The average molecular weight is 448 g/mol. The summed E-state index contributed by atoms with van der Waals surface area (Å²) in [6, 6.07) is 3.56. The molecule has 0 aromatic carbocycles. The molecule has 0 bridgehead atoms. The molecule has 0 saturated carbocycles. The van der Waals surface area contributed by atoms with Gasteiger partial charge in [-0.05, 0) is 44.4 Å². The standard InChI is InChI=1S/C22H23F3N4O3/c1-5-13-7-17(32-11-21(3,4)20(30)31)26-9-15(13)14-6-12(2)18(27-8-14)19-28-10-16(29-19)22(23,24)25/h6-10H,5,11H2,1-4H3,(H,28,29)(H,30,31). The number of alkyl halides is 3. The van der Waals surface area contributed by atoms with Crippen LogP contribution in [0.4, 0.5) is 13.2 Å².